The first-order chi connectivity index (χ1) is 11.6. The molecule has 2 aromatic rings. The number of hydrogen-bond donors (Lipinski definition) is 0. The minimum Gasteiger partial charge on any atom is -0.469 e. The van der Waals surface area contributed by atoms with E-state index in [1.807, 2.05) is 12.1 Å². The third-order valence-electron chi connectivity index (χ3n) is 5.12. The second-order valence-electron chi connectivity index (χ2n) is 7.43. The number of fused-ring (bicyclic) bond motifs is 1. The summed E-state index contributed by atoms with van der Waals surface area (Å²) >= 11 is 0. The van der Waals surface area contributed by atoms with Gasteiger partial charge in [-0.25, -0.2) is 9.97 Å². The number of carbonyl (C=O) groups excluding carboxylic acids is 1. The molecule has 126 valence electrons. The molecule has 0 bridgehead atoms. The van der Waals surface area contributed by atoms with Gasteiger partial charge in [0.1, 0.15) is 5.76 Å². The van der Waals surface area contributed by atoms with Crippen LogP contribution in [0.25, 0.3) is 0 Å². The summed E-state index contributed by atoms with van der Waals surface area (Å²) in [5, 5.41) is 0. The zero-order valence-electron chi connectivity index (χ0n) is 14.2. The lowest BCUT2D eigenvalue weighted by molar-refractivity contribution is 0.0958. The Bertz CT molecular complexity index is 731. The summed E-state index contributed by atoms with van der Waals surface area (Å²) in [5.74, 6) is 3.12. The molecule has 3 atom stereocenters. The standard InChI is InChI=1S/C19H23N3O2/c1-12-6-13(2)11-22(10-12)19-20-9-15-16(21-19)7-14(8-17(15)23)18-4-3-5-24-18/h3-5,9,12-14H,6-8,10-11H2,1-2H3/t12-,13-,14-/m0/s1. The van der Waals surface area contributed by atoms with Crippen LogP contribution in [0.15, 0.2) is 29.0 Å². The number of ketones is 1. The van der Waals surface area contributed by atoms with Crippen molar-refractivity contribution in [3.63, 3.8) is 0 Å². The minimum atomic E-state index is 0.0851. The number of hydrogen-bond acceptors (Lipinski definition) is 5. The van der Waals surface area contributed by atoms with Crippen molar-refractivity contribution in [3.8, 4) is 0 Å². The van der Waals surface area contributed by atoms with Crippen LogP contribution in [-0.4, -0.2) is 28.8 Å². The number of aromatic nitrogens is 2. The second-order valence-corrected chi connectivity index (χ2v) is 7.43. The summed E-state index contributed by atoms with van der Waals surface area (Å²) in [6.07, 6.45) is 5.85. The number of furan rings is 1. The molecule has 0 spiro atoms. The van der Waals surface area contributed by atoms with Gasteiger partial charge in [0.2, 0.25) is 5.95 Å². The largest absolute Gasteiger partial charge is 0.469 e. The van der Waals surface area contributed by atoms with Gasteiger partial charge in [-0.2, -0.15) is 0 Å². The highest BCUT2D eigenvalue weighted by molar-refractivity contribution is 5.98. The third kappa shape index (κ3) is 2.83. The van der Waals surface area contributed by atoms with E-state index >= 15 is 0 Å². The Labute approximate surface area is 142 Å². The Morgan fingerprint density at radius 2 is 2.00 bits per heavy atom. The summed E-state index contributed by atoms with van der Waals surface area (Å²) in [6.45, 7) is 6.52. The van der Waals surface area contributed by atoms with Gasteiger partial charge in [-0.15, -0.1) is 0 Å². The molecule has 0 saturated carbocycles. The molecule has 0 amide bonds. The van der Waals surface area contributed by atoms with Crippen molar-refractivity contribution in [2.24, 2.45) is 11.8 Å². The summed E-state index contributed by atoms with van der Waals surface area (Å²) in [7, 11) is 0. The Balaban J connectivity index is 1.62. The van der Waals surface area contributed by atoms with Gasteiger partial charge in [-0.05, 0) is 30.4 Å². The van der Waals surface area contributed by atoms with E-state index < -0.39 is 0 Å². The first-order valence-corrected chi connectivity index (χ1v) is 8.77. The van der Waals surface area contributed by atoms with Crippen LogP contribution >= 0.6 is 0 Å². The Hall–Kier alpha value is -2.17. The van der Waals surface area contributed by atoms with E-state index in [2.05, 4.69) is 23.7 Å². The Morgan fingerprint density at radius 1 is 1.21 bits per heavy atom. The molecule has 1 fully saturated rings. The first-order valence-electron chi connectivity index (χ1n) is 8.77. The average molecular weight is 325 g/mol. The van der Waals surface area contributed by atoms with Gasteiger partial charge < -0.3 is 9.32 Å². The smallest absolute Gasteiger partial charge is 0.225 e. The molecule has 0 aromatic carbocycles. The van der Waals surface area contributed by atoms with Gasteiger partial charge in [0.15, 0.2) is 5.78 Å². The highest BCUT2D eigenvalue weighted by Crippen LogP contribution is 2.33. The molecule has 2 aromatic heterocycles. The van der Waals surface area contributed by atoms with Crippen molar-refractivity contribution in [3.05, 3.63) is 41.6 Å². The number of anilines is 1. The zero-order valence-corrected chi connectivity index (χ0v) is 14.2. The maximum absolute atomic E-state index is 12.4. The van der Waals surface area contributed by atoms with Gasteiger partial charge in [-0.3, -0.25) is 4.79 Å². The van der Waals surface area contributed by atoms with E-state index in [9.17, 15) is 4.79 Å². The van der Waals surface area contributed by atoms with Crippen molar-refractivity contribution < 1.29 is 9.21 Å². The number of Topliss-reactive ketones (excluding diaryl/α,β-unsaturated/α-hetero) is 1. The molecule has 1 aliphatic heterocycles. The van der Waals surface area contributed by atoms with Crippen molar-refractivity contribution in [1.82, 2.24) is 9.97 Å². The van der Waals surface area contributed by atoms with Crippen molar-refractivity contribution in [2.75, 3.05) is 18.0 Å². The van der Waals surface area contributed by atoms with Crippen molar-refractivity contribution >= 4 is 11.7 Å². The van der Waals surface area contributed by atoms with E-state index in [1.165, 1.54) is 6.42 Å². The maximum Gasteiger partial charge on any atom is 0.225 e. The SMILES string of the molecule is C[C@H]1C[C@H](C)CN(c2ncc3c(n2)C[C@H](c2ccco2)CC3=O)C1. The van der Waals surface area contributed by atoms with E-state index in [-0.39, 0.29) is 11.7 Å². The average Bonchev–Trinajstić information content (AvgIpc) is 3.08. The van der Waals surface area contributed by atoms with E-state index in [0.717, 1.165) is 36.9 Å². The van der Waals surface area contributed by atoms with Crippen molar-refractivity contribution in [1.29, 1.82) is 0 Å². The predicted molar refractivity (Wildman–Crippen MR) is 91.3 cm³/mol. The van der Waals surface area contributed by atoms with Crippen LogP contribution in [-0.2, 0) is 6.42 Å². The molecular weight excluding hydrogens is 302 g/mol. The van der Waals surface area contributed by atoms with E-state index in [4.69, 9.17) is 9.40 Å². The fourth-order valence-corrected chi connectivity index (χ4v) is 4.14. The number of nitrogens with zero attached hydrogens (tertiary/aromatic N) is 3. The molecular formula is C19H23N3O2. The maximum atomic E-state index is 12.4. The van der Waals surface area contributed by atoms with E-state index in [0.29, 0.717) is 23.8 Å². The molecule has 0 unspecified atom stereocenters. The van der Waals surface area contributed by atoms with Crippen LogP contribution < -0.4 is 4.90 Å². The number of carbonyl (C=O) groups is 1. The Morgan fingerprint density at radius 3 is 2.71 bits per heavy atom. The fraction of sp³-hybridized carbons (Fsp3) is 0.526. The molecule has 5 heteroatoms. The molecule has 24 heavy (non-hydrogen) atoms. The fourth-order valence-electron chi connectivity index (χ4n) is 4.14. The summed E-state index contributed by atoms with van der Waals surface area (Å²) in [4.78, 5) is 24.0. The summed E-state index contributed by atoms with van der Waals surface area (Å²) in [6, 6.07) is 3.82. The molecule has 3 heterocycles. The molecule has 2 aliphatic rings. The molecule has 1 saturated heterocycles. The van der Waals surface area contributed by atoms with Crippen LogP contribution in [0.2, 0.25) is 0 Å². The Kier molecular flexibility index (Phi) is 3.87. The highest BCUT2D eigenvalue weighted by Gasteiger charge is 2.31. The van der Waals surface area contributed by atoms with Crippen LogP contribution in [0, 0.1) is 11.8 Å². The lowest BCUT2D eigenvalue weighted by atomic mass is 9.85. The van der Waals surface area contributed by atoms with Gasteiger partial charge >= 0.3 is 0 Å². The molecule has 1 aliphatic carbocycles. The van der Waals surface area contributed by atoms with Crippen LogP contribution in [0.3, 0.4) is 0 Å². The quantitative estimate of drug-likeness (QED) is 0.846. The van der Waals surface area contributed by atoms with Crippen LogP contribution in [0.1, 0.15) is 54.4 Å². The third-order valence-corrected chi connectivity index (χ3v) is 5.12. The molecule has 5 nitrogen and oxygen atoms in total. The normalized spacial score (nSPS) is 27.2. The highest BCUT2D eigenvalue weighted by atomic mass is 16.3. The van der Waals surface area contributed by atoms with E-state index in [1.54, 1.807) is 12.5 Å². The van der Waals surface area contributed by atoms with Crippen molar-refractivity contribution in [2.45, 2.75) is 39.0 Å². The summed E-state index contributed by atoms with van der Waals surface area (Å²) in [5.41, 5.74) is 1.54. The monoisotopic (exact) mass is 325 g/mol. The topological polar surface area (TPSA) is 59.2 Å². The lowest BCUT2D eigenvalue weighted by Crippen LogP contribution is -2.40. The molecule has 0 radical (unpaired) electrons. The second kappa shape index (κ2) is 6.04. The van der Waals surface area contributed by atoms with Crippen LogP contribution in [0.5, 0.6) is 0 Å². The first kappa shape index (κ1) is 15.4. The molecule has 0 N–H and O–H groups in total. The van der Waals surface area contributed by atoms with Gasteiger partial charge in [0.25, 0.3) is 0 Å². The zero-order chi connectivity index (χ0) is 16.7. The summed E-state index contributed by atoms with van der Waals surface area (Å²) < 4.78 is 5.50. The van der Waals surface area contributed by atoms with Gasteiger partial charge in [-0.1, -0.05) is 13.8 Å². The minimum absolute atomic E-state index is 0.0851. The number of piperidine rings is 1. The van der Waals surface area contributed by atoms with Crippen LogP contribution in [0.4, 0.5) is 5.95 Å². The van der Waals surface area contributed by atoms with Gasteiger partial charge in [0, 0.05) is 38.0 Å². The van der Waals surface area contributed by atoms with Gasteiger partial charge in [0.05, 0.1) is 17.5 Å². The predicted octanol–water partition coefficient (Wildman–Crippen LogP) is 3.46. The lowest BCUT2D eigenvalue weighted by Gasteiger charge is -2.35. The number of rotatable bonds is 2. The molecule has 4 rings (SSSR count).